The van der Waals surface area contributed by atoms with Crippen LogP contribution in [-0.4, -0.2) is 26.5 Å². The Morgan fingerprint density at radius 1 is 1.06 bits per heavy atom. The van der Waals surface area contributed by atoms with E-state index in [1.807, 2.05) is 18.2 Å². The topological polar surface area (TPSA) is 40.5 Å². The number of rotatable bonds is 8. The molecule has 0 spiro atoms. The summed E-state index contributed by atoms with van der Waals surface area (Å²) in [5.41, 5.74) is 3.59. The molecule has 1 aliphatic carbocycles. The first kappa shape index (κ1) is 26.6. The molecule has 1 atom stereocenters. The second kappa shape index (κ2) is 12.2. The minimum atomic E-state index is -1.07. The van der Waals surface area contributed by atoms with E-state index in [9.17, 15) is 9.90 Å². The number of anilines is 2. The van der Waals surface area contributed by atoms with Crippen LogP contribution in [0.5, 0.6) is 0 Å². The van der Waals surface area contributed by atoms with Crippen molar-refractivity contribution in [3.8, 4) is 11.1 Å². The van der Waals surface area contributed by atoms with E-state index in [2.05, 4.69) is 34.1 Å². The third-order valence-corrected chi connectivity index (χ3v) is 10.7. The van der Waals surface area contributed by atoms with E-state index in [4.69, 9.17) is 35.8 Å². The van der Waals surface area contributed by atoms with Crippen molar-refractivity contribution in [2.24, 2.45) is 5.92 Å². The van der Waals surface area contributed by atoms with Gasteiger partial charge in [0.15, 0.2) is 0 Å². The zero-order chi connectivity index (χ0) is 24.9. The second-order valence-corrected chi connectivity index (χ2v) is 13.0. The maximum absolute atomic E-state index is 11.6. The van der Waals surface area contributed by atoms with E-state index in [0.717, 1.165) is 34.3 Å². The molecule has 0 heterocycles. The van der Waals surface area contributed by atoms with Gasteiger partial charge in [0.2, 0.25) is 0 Å². The number of halogens is 3. The average Bonchev–Trinajstić information content (AvgIpc) is 2.87. The van der Waals surface area contributed by atoms with E-state index < -0.39 is 5.97 Å². The molecule has 0 amide bonds. The van der Waals surface area contributed by atoms with Gasteiger partial charge in [0, 0.05) is 0 Å². The van der Waals surface area contributed by atoms with Gasteiger partial charge in [0.05, 0.1) is 0 Å². The van der Waals surface area contributed by atoms with Gasteiger partial charge in [-0.15, -0.1) is 0 Å². The first-order chi connectivity index (χ1) is 16.9. The maximum atomic E-state index is 11.6. The van der Waals surface area contributed by atoms with Gasteiger partial charge in [-0.2, -0.15) is 0 Å². The SMILES string of the molecule is C[I-][C@@H](CN(c1ccccc1)c1cc(Cl)c(-c2ccc(Cl)c(C(=O)O)c2)cc1S)C1CCCCC1. The molecule has 0 aliphatic heterocycles. The van der Waals surface area contributed by atoms with Crippen LogP contribution in [0.25, 0.3) is 11.1 Å². The van der Waals surface area contributed by atoms with Crippen molar-refractivity contribution in [3.05, 3.63) is 76.3 Å². The number of carbonyl (C=O) groups is 1. The van der Waals surface area contributed by atoms with Crippen molar-refractivity contribution in [1.29, 1.82) is 0 Å². The zero-order valence-corrected chi connectivity index (χ0v) is 24.1. The molecule has 1 aliphatic rings. The van der Waals surface area contributed by atoms with Crippen molar-refractivity contribution in [1.82, 2.24) is 0 Å². The van der Waals surface area contributed by atoms with Crippen LogP contribution in [0.1, 0.15) is 42.5 Å². The van der Waals surface area contributed by atoms with Crippen LogP contribution in [-0.2, 0) is 0 Å². The Balaban J connectivity index is 1.73. The molecule has 0 radical (unpaired) electrons. The van der Waals surface area contributed by atoms with E-state index in [1.54, 1.807) is 18.2 Å². The number of alkyl halides is 2. The molecule has 7 heteroatoms. The number of hydrogen-bond acceptors (Lipinski definition) is 3. The summed E-state index contributed by atoms with van der Waals surface area (Å²) in [4.78, 5) is 17.2. The fraction of sp³-hybridized carbons (Fsp3) is 0.321. The van der Waals surface area contributed by atoms with Gasteiger partial charge in [-0.25, -0.2) is 0 Å². The van der Waals surface area contributed by atoms with Crippen LogP contribution in [0.2, 0.25) is 10.0 Å². The van der Waals surface area contributed by atoms with E-state index in [1.165, 1.54) is 32.1 Å². The molecule has 1 saturated carbocycles. The molecule has 0 aromatic heterocycles. The number of para-hydroxylation sites is 1. The summed E-state index contributed by atoms with van der Waals surface area (Å²) < 4.78 is 0.690. The molecule has 0 bridgehead atoms. The van der Waals surface area contributed by atoms with E-state index in [-0.39, 0.29) is 31.8 Å². The molecular weight excluding hydrogens is 612 g/mol. The van der Waals surface area contributed by atoms with Gasteiger partial charge in [-0.3, -0.25) is 0 Å². The summed E-state index contributed by atoms with van der Waals surface area (Å²) in [5, 5.41) is 10.2. The summed E-state index contributed by atoms with van der Waals surface area (Å²) in [6.45, 7) is 0.950. The molecule has 1 N–H and O–H groups in total. The van der Waals surface area contributed by atoms with Crippen molar-refractivity contribution in [2.45, 2.75) is 40.9 Å². The molecule has 3 aromatic rings. The zero-order valence-electron chi connectivity index (χ0n) is 19.6. The monoisotopic (exact) mass is 640 g/mol. The Morgan fingerprint density at radius 2 is 1.77 bits per heavy atom. The predicted molar refractivity (Wildman–Crippen MR) is 146 cm³/mol. The number of carboxylic acid groups (broad SMARTS) is 1. The summed E-state index contributed by atoms with van der Waals surface area (Å²) in [6, 6.07) is 19.3. The van der Waals surface area contributed by atoms with Crippen LogP contribution >= 0.6 is 35.8 Å². The van der Waals surface area contributed by atoms with Crippen molar-refractivity contribution >= 4 is 53.2 Å². The first-order valence-corrected chi connectivity index (χ1v) is 16.4. The molecule has 0 saturated heterocycles. The van der Waals surface area contributed by atoms with Crippen molar-refractivity contribution < 1.29 is 31.1 Å². The molecular formula is C28H29Cl2INO2S-. The number of aromatic carboxylic acids is 1. The fourth-order valence-corrected chi connectivity index (χ4v) is 8.17. The Labute approximate surface area is 233 Å². The summed E-state index contributed by atoms with van der Waals surface area (Å²) in [6.07, 6.45) is 6.70. The van der Waals surface area contributed by atoms with Crippen LogP contribution in [0.15, 0.2) is 65.6 Å². The Bertz CT molecular complexity index is 1190. The average molecular weight is 641 g/mol. The molecule has 3 aromatic carbocycles. The summed E-state index contributed by atoms with van der Waals surface area (Å²) in [7, 11) is 0. The Hall–Kier alpha value is -1.41. The predicted octanol–water partition coefficient (Wildman–Crippen LogP) is 5.45. The van der Waals surface area contributed by atoms with Gasteiger partial charge in [-0.05, 0) is 0 Å². The second-order valence-electron chi connectivity index (χ2n) is 8.90. The molecule has 3 nitrogen and oxygen atoms in total. The molecule has 35 heavy (non-hydrogen) atoms. The Kier molecular flexibility index (Phi) is 9.30. The minimum absolute atomic E-state index is 0.0538. The van der Waals surface area contributed by atoms with Gasteiger partial charge >= 0.3 is 235 Å². The number of benzene rings is 3. The molecule has 186 valence electrons. The third-order valence-electron chi connectivity index (χ3n) is 6.73. The van der Waals surface area contributed by atoms with Crippen LogP contribution < -0.4 is 26.1 Å². The van der Waals surface area contributed by atoms with Crippen LogP contribution in [0, 0.1) is 5.92 Å². The van der Waals surface area contributed by atoms with E-state index >= 15 is 0 Å². The number of hydrogen-bond donors (Lipinski definition) is 2. The normalized spacial score (nSPS) is 15.2. The quantitative estimate of drug-likeness (QED) is 0.195. The Morgan fingerprint density at radius 3 is 2.43 bits per heavy atom. The number of thiol groups is 1. The van der Waals surface area contributed by atoms with Crippen LogP contribution in [0.4, 0.5) is 11.4 Å². The molecule has 0 unspecified atom stereocenters. The number of carboxylic acids is 1. The van der Waals surface area contributed by atoms with Gasteiger partial charge < -0.3 is 0 Å². The van der Waals surface area contributed by atoms with Gasteiger partial charge in [0.25, 0.3) is 0 Å². The molecule has 4 rings (SSSR count). The first-order valence-electron chi connectivity index (χ1n) is 11.8. The summed E-state index contributed by atoms with van der Waals surface area (Å²) >= 11 is 17.8. The van der Waals surface area contributed by atoms with Gasteiger partial charge in [0.1, 0.15) is 0 Å². The van der Waals surface area contributed by atoms with E-state index in [0.29, 0.717) is 14.5 Å². The summed E-state index contributed by atoms with van der Waals surface area (Å²) in [5.74, 6) is -0.281. The van der Waals surface area contributed by atoms with Gasteiger partial charge in [-0.1, -0.05) is 0 Å². The molecule has 1 fully saturated rings. The van der Waals surface area contributed by atoms with Crippen molar-refractivity contribution in [3.63, 3.8) is 0 Å². The fourth-order valence-electron chi connectivity index (χ4n) is 4.86. The van der Waals surface area contributed by atoms with Crippen molar-refractivity contribution in [2.75, 3.05) is 16.4 Å². The third kappa shape index (κ3) is 6.30. The van der Waals surface area contributed by atoms with Crippen LogP contribution in [0.3, 0.4) is 0 Å². The number of nitrogens with zero attached hydrogens (tertiary/aromatic N) is 1. The standard InChI is InChI=1S/C28H29Cl2INO2S/c1-31-25(18-8-4-2-5-9-18)17-32(20-10-6-3-7-11-20)26-16-24(30)21(15-27(26)35)19-12-13-23(29)22(14-19)28(33)34/h3,6-7,10-16,18,25,35H,2,4-5,8-9,17H2,1H3,(H,33,34)/q-1/t25-/m0/s1.